The molecule has 0 N–H and O–H groups in total. The molecule has 1 aromatic rings. The quantitative estimate of drug-likeness (QED) is 0.631. The first-order valence-electron chi connectivity index (χ1n) is 5.97. The summed E-state index contributed by atoms with van der Waals surface area (Å²) in [5.74, 6) is -0.606. The Kier molecular flexibility index (Phi) is 4.65. The van der Waals surface area contributed by atoms with Gasteiger partial charge in [0.15, 0.2) is 0 Å². The van der Waals surface area contributed by atoms with Gasteiger partial charge in [-0.2, -0.15) is 0 Å². The highest BCUT2D eigenvalue weighted by molar-refractivity contribution is 5.67. The lowest BCUT2D eigenvalue weighted by atomic mass is 10.2. The van der Waals surface area contributed by atoms with Crippen LogP contribution in [0.1, 0.15) is 26.3 Å². The van der Waals surface area contributed by atoms with Crippen LogP contribution in [0.25, 0.3) is 0 Å². The minimum absolute atomic E-state index is 0.0626. The highest BCUT2D eigenvalue weighted by Gasteiger charge is 2.21. The molecule has 0 unspecified atom stereocenters. The average Bonchev–Trinajstić information content (AvgIpc) is 2.29. The number of non-ortho nitro benzene ring substituents is 1. The highest BCUT2D eigenvalue weighted by Crippen LogP contribution is 2.19. The Balaban J connectivity index is 2.85. The Morgan fingerprint density at radius 1 is 1.45 bits per heavy atom. The van der Waals surface area contributed by atoms with E-state index >= 15 is 0 Å². The van der Waals surface area contributed by atoms with Crippen molar-refractivity contribution in [3.05, 3.63) is 39.7 Å². The first-order chi connectivity index (χ1) is 9.10. The second-order valence-electron chi connectivity index (χ2n) is 5.37. The molecule has 0 aromatic heterocycles. The van der Waals surface area contributed by atoms with Crippen LogP contribution in [0.5, 0.6) is 0 Å². The maximum Gasteiger partial charge on any atom is 0.410 e. The van der Waals surface area contributed by atoms with Crippen LogP contribution in [0.3, 0.4) is 0 Å². The normalized spacial score (nSPS) is 11.1. The van der Waals surface area contributed by atoms with Gasteiger partial charge in [-0.05, 0) is 26.8 Å². The number of amides is 1. The van der Waals surface area contributed by atoms with Crippen LogP contribution < -0.4 is 0 Å². The molecule has 7 heteroatoms. The van der Waals surface area contributed by atoms with E-state index in [-0.39, 0.29) is 17.8 Å². The Bertz CT molecular complexity index is 526. The molecule has 6 nitrogen and oxygen atoms in total. The Labute approximate surface area is 116 Å². The van der Waals surface area contributed by atoms with Crippen LogP contribution >= 0.6 is 0 Å². The summed E-state index contributed by atoms with van der Waals surface area (Å²) in [6, 6.07) is 3.19. The van der Waals surface area contributed by atoms with Gasteiger partial charge in [-0.3, -0.25) is 10.1 Å². The van der Waals surface area contributed by atoms with E-state index in [1.165, 1.54) is 7.05 Å². The zero-order chi connectivity index (χ0) is 15.5. The van der Waals surface area contributed by atoms with Gasteiger partial charge in [0.05, 0.1) is 11.5 Å². The van der Waals surface area contributed by atoms with Crippen molar-refractivity contribution in [2.75, 3.05) is 7.05 Å². The van der Waals surface area contributed by atoms with Gasteiger partial charge >= 0.3 is 6.09 Å². The van der Waals surface area contributed by atoms with Gasteiger partial charge in [0.1, 0.15) is 11.4 Å². The van der Waals surface area contributed by atoms with Crippen LogP contribution in [-0.2, 0) is 11.3 Å². The highest BCUT2D eigenvalue weighted by atomic mass is 19.1. The first-order valence-corrected chi connectivity index (χ1v) is 5.97. The molecule has 1 amide bonds. The van der Waals surface area contributed by atoms with Crippen molar-refractivity contribution >= 4 is 11.8 Å². The fourth-order valence-corrected chi connectivity index (χ4v) is 1.46. The molecule has 0 radical (unpaired) electrons. The molecular weight excluding hydrogens is 267 g/mol. The molecule has 0 aliphatic carbocycles. The molecule has 0 bridgehead atoms. The summed E-state index contributed by atoms with van der Waals surface area (Å²) in [5, 5.41) is 10.6. The van der Waals surface area contributed by atoms with Crippen molar-refractivity contribution in [2.24, 2.45) is 0 Å². The second kappa shape index (κ2) is 5.85. The molecule has 0 aliphatic rings. The summed E-state index contributed by atoms with van der Waals surface area (Å²) in [7, 11) is 1.44. The molecular formula is C13H17FN2O4. The third-order valence-corrected chi connectivity index (χ3v) is 2.35. The van der Waals surface area contributed by atoms with E-state index in [1.54, 1.807) is 20.8 Å². The van der Waals surface area contributed by atoms with Crippen molar-refractivity contribution in [2.45, 2.75) is 32.9 Å². The lowest BCUT2D eigenvalue weighted by Crippen LogP contribution is -2.34. The number of ether oxygens (including phenoxy) is 1. The Morgan fingerprint density at radius 3 is 2.55 bits per heavy atom. The Hall–Kier alpha value is -2.18. The van der Waals surface area contributed by atoms with Crippen LogP contribution in [-0.4, -0.2) is 28.6 Å². The standard InChI is InChI=1S/C13H17FN2O4/c1-13(2,3)20-12(17)15(4)8-9-7-10(16(18)19)5-6-11(9)14/h5-7H,8H2,1-4H3. The fourth-order valence-electron chi connectivity index (χ4n) is 1.46. The number of hydrogen-bond donors (Lipinski definition) is 0. The summed E-state index contributed by atoms with van der Waals surface area (Å²) in [5.41, 5.74) is -0.821. The Morgan fingerprint density at radius 2 is 2.05 bits per heavy atom. The largest absolute Gasteiger partial charge is 0.444 e. The third kappa shape index (κ3) is 4.49. The van der Waals surface area contributed by atoms with Gasteiger partial charge in [-0.25, -0.2) is 9.18 Å². The van der Waals surface area contributed by atoms with Crippen molar-refractivity contribution in [1.82, 2.24) is 4.90 Å². The van der Waals surface area contributed by atoms with E-state index in [9.17, 15) is 19.3 Å². The monoisotopic (exact) mass is 284 g/mol. The molecule has 20 heavy (non-hydrogen) atoms. The molecule has 0 aliphatic heterocycles. The summed E-state index contributed by atoms with van der Waals surface area (Å²) in [4.78, 5) is 22.9. The maximum absolute atomic E-state index is 13.6. The van der Waals surface area contributed by atoms with Gasteiger partial charge < -0.3 is 9.64 Å². The molecule has 0 saturated carbocycles. The van der Waals surface area contributed by atoms with Gasteiger partial charge in [-0.15, -0.1) is 0 Å². The average molecular weight is 284 g/mol. The molecule has 110 valence electrons. The van der Waals surface area contributed by atoms with E-state index in [0.29, 0.717) is 0 Å². The number of halogens is 1. The molecule has 0 fully saturated rings. The molecule has 1 aromatic carbocycles. The minimum Gasteiger partial charge on any atom is -0.444 e. The molecule has 1 rings (SSSR count). The molecule has 0 heterocycles. The van der Waals surface area contributed by atoms with Gasteiger partial charge in [-0.1, -0.05) is 0 Å². The lowest BCUT2D eigenvalue weighted by molar-refractivity contribution is -0.385. The summed E-state index contributed by atoms with van der Waals surface area (Å²) < 4.78 is 18.7. The number of carbonyl (C=O) groups is 1. The molecule has 0 spiro atoms. The fraction of sp³-hybridized carbons (Fsp3) is 0.462. The summed E-state index contributed by atoms with van der Waals surface area (Å²) in [6.45, 7) is 5.04. The number of nitrogens with zero attached hydrogens (tertiary/aromatic N) is 2. The van der Waals surface area contributed by atoms with Crippen LogP contribution in [0, 0.1) is 15.9 Å². The minimum atomic E-state index is -0.660. The van der Waals surface area contributed by atoms with E-state index < -0.39 is 22.4 Å². The third-order valence-electron chi connectivity index (χ3n) is 2.35. The SMILES string of the molecule is CN(Cc1cc([N+](=O)[O-])ccc1F)C(=O)OC(C)(C)C. The van der Waals surface area contributed by atoms with Crippen molar-refractivity contribution in [3.8, 4) is 0 Å². The van der Waals surface area contributed by atoms with Crippen LogP contribution in [0.2, 0.25) is 0 Å². The number of benzene rings is 1. The smallest absolute Gasteiger partial charge is 0.410 e. The summed E-state index contributed by atoms with van der Waals surface area (Å²) >= 11 is 0. The van der Waals surface area contributed by atoms with E-state index in [2.05, 4.69) is 0 Å². The van der Waals surface area contributed by atoms with E-state index in [4.69, 9.17) is 4.74 Å². The number of carbonyl (C=O) groups excluding carboxylic acids is 1. The van der Waals surface area contributed by atoms with Crippen molar-refractivity contribution in [3.63, 3.8) is 0 Å². The van der Waals surface area contributed by atoms with Crippen LogP contribution in [0.15, 0.2) is 18.2 Å². The number of rotatable bonds is 3. The van der Waals surface area contributed by atoms with Crippen molar-refractivity contribution in [1.29, 1.82) is 0 Å². The molecule has 0 saturated heterocycles. The molecule has 0 atom stereocenters. The van der Waals surface area contributed by atoms with Gasteiger partial charge in [0.2, 0.25) is 0 Å². The number of nitro groups is 1. The zero-order valence-electron chi connectivity index (χ0n) is 11.8. The number of hydrogen-bond acceptors (Lipinski definition) is 4. The first kappa shape index (κ1) is 15.9. The van der Waals surface area contributed by atoms with E-state index in [0.717, 1.165) is 23.1 Å². The lowest BCUT2D eigenvalue weighted by Gasteiger charge is -2.24. The summed E-state index contributed by atoms with van der Waals surface area (Å²) in [6.07, 6.45) is -0.622. The predicted octanol–water partition coefficient (Wildman–Crippen LogP) is 3.10. The topological polar surface area (TPSA) is 72.7 Å². The maximum atomic E-state index is 13.6. The van der Waals surface area contributed by atoms with E-state index in [1.807, 2.05) is 0 Å². The number of nitro benzene ring substituents is 1. The van der Waals surface area contributed by atoms with Crippen molar-refractivity contribution < 1.29 is 18.8 Å². The van der Waals surface area contributed by atoms with Gasteiger partial charge in [0.25, 0.3) is 5.69 Å². The second-order valence-corrected chi connectivity index (χ2v) is 5.37. The predicted molar refractivity (Wildman–Crippen MR) is 70.8 cm³/mol. The van der Waals surface area contributed by atoms with Gasteiger partial charge in [0, 0.05) is 24.7 Å². The zero-order valence-corrected chi connectivity index (χ0v) is 11.8. The van der Waals surface area contributed by atoms with Crippen LogP contribution in [0.4, 0.5) is 14.9 Å².